The van der Waals surface area contributed by atoms with Crippen molar-refractivity contribution in [2.24, 2.45) is 0 Å². The highest BCUT2D eigenvalue weighted by Gasteiger charge is 2.19. The molecule has 3 rings (SSSR count). The second kappa shape index (κ2) is 8.85. The van der Waals surface area contributed by atoms with Gasteiger partial charge < -0.3 is 9.47 Å². The molecule has 0 unspecified atom stereocenters. The topological polar surface area (TPSA) is 52.6 Å². The lowest BCUT2D eigenvalue weighted by Gasteiger charge is -2.19. The van der Waals surface area contributed by atoms with Gasteiger partial charge in [-0.15, -0.1) is 0 Å². The molecule has 0 spiro atoms. The standard InChI is InChI=1S/C23H26O4/c1-3-6-16-9-11-17(12-10-16)23(25)27-21-14-19-8-5-4-7-18(19)13-20(21)15-22(24)26-2/h9-14H,3-8,15H2,1-2H3. The summed E-state index contributed by atoms with van der Waals surface area (Å²) < 4.78 is 10.5. The number of rotatable bonds is 6. The number of hydrogen-bond donors (Lipinski definition) is 0. The van der Waals surface area contributed by atoms with E-state index in [1.54, 1.807) is 12.1 Å². The first kappa shape index (κ1) is 19.2. The normalized spacial score (nSPS) is 13.0. The maximum absolute atomic E-state index is 12.6. The maximum atomic E-state index is 12.6. The molecule has 0 aromatic heterocycles. The van der Waals surface area contributed by atoms with Gasteiger partial charge in [-0.2, -0.15) is 0 Å². The molecule has 4 nitrogen and oxygen atoms in total. The van der Waals surface area contributed by atoms with Gasteiger partial charge in [-0.1, -0.05) is 31.5 Å². The Bertz CT molecular complexity index is 821. The van der Waals surface area contributed by atoms with Crippen LogP contribution in [-0.4, -0.2) is 19.0 Å². The smallest absolute Gasteiger partial charge is 0.343 e. The molecule has 0 amide bonds. The molecule has 0 heterocycles. The fraction of sp³-hybridized carbons (Fsp3) is 0.391. The van der Waals surface area contributed by atoms with Crippen molar-refractivity contribution in [3.05, 3.63) is 64.2 Å². The summed E-state index contributed by atoms with van der Waals surface area (Å²) in [5, 5.41) is 0. The molecule has 142 valence electrons. The highest BCUT2D eigenvalue weighted by atomic mass is 16.5. The van der Waals surface area contributed by atoms with Crippen LogP contribution < -0.4 is 4.74 Å². The lowest BCUT2D eigenvalue weighted by Crippen LogP contribution is -2.14. The molecular weight excluding hydrogens is 340 g/mol. The Morgan fingerprint density at radius 1 is 1.00 bits per heavy atom. The predicted molar refractivity (Wildman–Crippen MR) is 104 cm³/mol. The van der Waals surface area contributed by atoms with Gasteiger partial charge in [-0.3, -0.25) is 4.79 Å². The first-order valence-corrected chi connectivity index (χ1v) is 9.63. The van der Waals surface area contributed by atoms with Gasteiger partial charge >= 0.3 is 11.9 Å². The fourth-order valence-electron chi connectivity index (χ4n) is 3.53. The summed E-state index contributed by atoms with van der Waals surface area (Å²) in [6.45, 7) is 2.13. The number of methoxy groups -OCH3 is 1. The van der Waals surface area contributed by atoms with Gasteiger partial charge in [0, 0.05) is 5.56 Å². The minimum atomic E-state index is -0.403. The van der Waals surface area contributed by atoms with Crippen LogP contribution in [-0.2, 0) is 35.2 Å². The molecule has 0 saturated heterocycles. The van der Waals surface area contributed by atoms with Gasteiger partial charge in [0.05, 0.1) is 19.1 Å². The number of fused-ring (bicyclic) bond motifs is 1. The van der Waals surface area contributed by atoms with Crippen LogP contribution in [0.2, 0.25) is 0 Å². The van der Waals surface area contributed by atoms with Gasteiger partial charge in [-0.05, 0) is 67.0 Å². The second-order valence-electron chi connectivity index (χ2n) is 7.03. The van der Waals surface area contributed by atoms with Gasteiger partial charge in [0.25, 0.3) is 0 Å². The van der Waals surface area contributed by atoms with Crippen molar-refractivity contribution in [1.82, 2.24) is 0 Å². The molecular formula is C23H26O4. The number of hydrogen-bond acceptors (Lipinski definition) is 4. The zero-order chi connectivity index (χ0) is 19.2. The highest BCUT2D eigenvalue weighted by molar-refractivity contribution is 5.91. The Balaban J connectivity index is 1.85. The van der Waals surface area contributed by atoms with E-state index in [0.717, 1.165) is 38.5 Å². The molecule has 27 heavy (non-hydrogen) atoms. The average Bonchev–Trinajstić information content (AvgIpc) is 2.69. The average molecular weight is 366 g/mol. The minimum Gasteiger partial charge on any atom is -0.469 e. The number of esters is 2. The first-order chi connectivity index (χ1) is 13.1. The molecule has 0 fully saturated rings. The van der Waals surface area contributed by atoms with Gasteiger partial charge in [0.1, 0.15) is 5.75 Å². The van der Waals surface area contributed by atoms with Gasteiger partial charge in [-0.25, -0.2) is 4.79 Å². The van der Waals surface area contributed by atoms with Crippen molar-refractivity contribution in [2.75, 3.05) is 7.11 Å². The van der Waals surface area contributed by atoms with E-state index in [9.17, 15) is 9.59 Å². The van der Waals surface area contributed by atoms with Crippen LogP contribution in [0.5, 0.6) is 5.75 Å². The molecule has 1 aliphatic carbocycles. The van der Waals surface area contributed by atoms with Crippen LogP contribution in [0.3, 0.4) is 0 Å². The quantitative estimate of drug-likeness (QED) is 0.560. The van der Waals surface area contributed by atoms with Crippen LogP contribution in [0.4, 0.5) is 0 Å². The Morgan fingerprint density at radius 3 is 2.30 bits per heavy atom. The number of benzene rings is 2. The minimum absolute atomic E-state index is 0.0990. The SMILES string of the molecule is CCCc1ccc(C(=O)Oc2cc3c(cc2CC(=O)OC)CCCC3)cc1. The Morgan fingerprint density at radius 2 is 1.67 bits per heavy atom. The van der Waals surface area contributed by atoms with Crippen LogP contribution in [0, 0.1) is 0 Å². The van der Waals surface area contributed by atoms with E-state index >= 15 is 0 Å². The van der Waals surface area contributed by atoms with Crippen molar-refractivity contribution in [3.8, 4) is 5.75 Å². The van der Waals surface area contributed by atoms with E-state index in [0.29, 0.717) is 16.9 Å². The Kier molecular flexibility index (Phi) is 6.28. The summed E-state index contributed by atoms with van der Waals surface area (Å²) in [4.78, 5) is 24.4. The molecule has 2 aromatic carbocycles. The number of aryl methyl sites for hydroxylation is 3. The second-order valence-corrected chi connectivity index (χ2v) is 7.03. The lowest BCUT2D eigenvalue weighted by atomic mass is 9.89. The zero-order valence-electron chi connectivity index (χ0n) is 16.0. The summed E-state index contributed by atoms with van der Waals surface area (Å²) >= 11 is 0. The third-order valence-corrected chi connectivity index (χ3v) is 5.02. The molecule has 2 aromatic rings. The third kappa shape index (κ3) is 4.76. The van der Waals surface area contributed by atoms with Gasteiger partial charge in [0.15, 0.2) is 0 Å². The van der Waals surface area contributed by atoms with Crippen LogP contribution in [0.1, 0.15) is 58.8 Å². The van der Waals surface area contributed by atoms with Crippen molar-refractivity contribution >= 4 is 11.9 Å². The van der Waals surface area contributed by atoms with Crippen LogP contribution in [0.25, 0.3) is 0 Å². The molecule has 0 aliphatic heterocycles. The van der Waals surface area contributed by atoms with Crippen LogP contribution >= 0.6 is 0 Å². The Hall–Kier alpha value is -2.62. The molecule has 0 bridgehead atoms. The number of ether oxygens (including phenoxy) is 2. The van der Waals surface area contributed by atoms with E-state index < -0.39 is 5.97 Å². The summed E-state index contributed by atoms with van der Waals surface area (Å²) in [7, 11) is 1.37. The first-order valence-electron chi connectivity index (χ1n) is 9.63. The van der Waals surface area contributed by atoms with E-state index in [4.69, 9.17) is 9.47 Å². The summed E-state index contributed by atoms with van der Waals surface area (Å²) in [6, 6.07) is 11.4. The molecule has 1 aliphatic rings. The van der Waals surface area contributed by atoms with Crippen molar-refractivity contribution < 1.29 is 19.1 Å². The maximum Gasteiger partial charge on any atom is 0.343 e. The Labute approximate surface area is 160 Å². The molecule has 0 saturated carbocycles. The fourth-order valence-corrected chi connectivity index (χ4v) is 3.53. The van der Waals surface area contributed by atoms with Gasteiger partial charge in [0.2, 0.25) is 0 Å². The largest absolute Gasteiger partial charge is 0.469 e. The zero-order valence-corrected chi connectivity index (χ0v) is 16.0. The predicted octanol–water partition coefficient (Wildman–Crippen LogP) is 4.45. The number of carbonyl (C=O) groups is 2. The van der Waals surface area contributed by atoms with E-state index in [2.05, 4.69) is 6.92 Å². The molecule has 0 atom stereocenters. The van der Waals surface area contributed by atoms with E-state index in [1.165, 1.54) is 23.8 Å². The highest BCUT2D eigenvalue weighted by Crippen LogP contribution is 2.30. The molecule has 4 heteroatoms. The van der Waals surface area contributed by atoms with E-state index in [-0.39, 0.29) is 12.4 Å². The van der Waals surface area contributed by atoms with Crippen molar-refractivity contribution in [3.63, 3.8) is 0 Å². The van der Waals surface area contributed by atoms with Crippen molar-refractivity contribution in [2.45, 2.75) is 51.9 Å². The summed E-state index contributed by atoms with van der Waals surface area (Å²) in [6.07, 6.45) is 6.41. The number of carbonyl (C=O) groups excluding carboxylic acids is 2. The summed E-state index contributed by atoms with van der Waals surface area (Å²) in [5.74, 6) is -0.282. The monoisotopic (exact) mass is 366 g/mol. The third-order valence-electron chi connectivity index (χ3n) is 5.02. The molecule has 0 radical (unpaired) electrons. The lowest BCUT2D eigenvalue weighted by molar-refractivity contribution is -0.139. The van der Waals surface area contributed by atoms with Crippen LogP contribution in [0.15, 0.2) is 36.4 Å². The van der Waals surface area contributed by atoms with E-state index in [1.807, 2.05) is 24.3 Å². The van der Waals surface area contributed by atoms with Crippen molar-refractivity contribution in [1.29, 1.82) is 0 Å². The summed E-state index contributed by atoms with van der Waals surface area (Å²) in [5.41, 5.74) is 4.86. The molecule has 0 N–H and O–H groups in total.